The van der Waals surface area contributed by atoms with E-state index in [4.69, 9.17) is 16.3 Å². The highest BCUT2D eigenvalue weighted by atomic mass is 35.5. The zero-order valence-corrected chi connectivity index (χ0v) is 12.1. The highest BCUT2D eigenvalue weighted by Gasteiger charge is 1.99. The maximum Gasteiger partial charge on any atom is 0.129 e. The lowest BCUT2D eigenvalue weighted by Crippen LogP contribution is -1.95. The SMILES string of the molecule is Clc1ccc(COc2ccc(-c3ccccc3)cc2)cn1. The van der Waals surface area contributed by atoms with E-state index >= 15 is 0 Å². The van der Waals surface area contributed by atoms with Gasteiger partial charge in [-0.15, -0.1) is 0 Å². The van der Waals surface area contributed by atoms with Crippen LogP contribution in [-0.4, -0.2) is 4.98 Å². The highest BCUT2D eigenvalue weighted by Crippen LogP contribution is 2.22. The molecule has 0 saturated heterocycles. The summed E-state index contributed by atoms with van der Waals surface area (Å²) in [6.45, 7) is 0.481. The molecule has 104 valence electrons. The van der Waals surface area contributed by atoms with Gasteiger partial charge in [0.05, 0.1) is 0 Å². The van der Waals surface area contributed by atoms with Gasteiger partial charge in [0.15, 0.2) is 0 Å². The van der Waals surface area contributed by atoms with Crippen molar-refractivity contribution in [2.75, 3.05) is 0 Å². The Hall–Kier alpha value is -2.32. The molecular weight excluding hydrogens is 282 g/mol. The molecule has 0 amide bonds. The van der Waals surface area contributed by atoms with Crippen LogP contribution in [0, 0.1) is 0 Å². The van der Waals surface area contributed by atoms with Gasteiger partial charge in [0.25, 0.3) is 0 Å². The topological polar surface area (TPSA) is 22.1 Å². The standard InChI is InChI=1S/C18H14ClNO/c19-18-11-6-14(12-20-18)13-21-17-9-7-16(8-10-17)15-4-2-1-3-5-15/h1-12H,13H2. The molecule has 2 nitrogen and oxygen atoms in total. The number of benzene rings is 2. The van der Waals surface area contributed by atoms with E-state index in [0.717, 1.165) is 11.3 Å². The molecule has 1 heterocycles. The van der Waals surface area contributed by atoms with Gasteiger partial charge in [-0.1, -0.05) is 60.1 Å². The second-order valence-corrected chi connectivity index (χ2v) is 5.06. The molecule has 0 aliphatic heterocycles. The molecule has 3 aromatic rings. The van der Waals surface area contributed by atoms with Crippen molar-refractivity contribution in [3.05, 3.63) is 83.6 Å². The number of pyridine rings is 1. The summed E-state index contributed by atoms with van der Waals surface area (Å²) in [5, 5.41) is 0.492. The van der Waals surface area contributed by atoms with Crippen molar-refractivity contribution in [1.82, 2.24) is 4.98 Å². The maximum absolute atomic E-state index is 5.75. The van der Waals surface area contributed by atoms with E-state index in [1.165, 1.54) is 11.1 Å². The number of ether oxygens (including phenoxy) is 1. The molecule has 0 aliphatic carbocycles. The van der Waals surface area contributed by atoms with Crippen LogP contribution in [0.2, 0.25) is 5.15 Å². The molecule has 0 aliphatic rings. The number of halogens is 1. The minimum Gasteiger partial charge on any atom is -0.489 e. The van der Waals surface area contributed by atoms with Crippen LogP contribution < -0.4 is 4.74 Å². The largest absolute Gasteiger partial charge is 0.489 e. The van der Waals surface area contributed by atoms with Crippen LogP contribution >= 0.6 is 11.6 Å². The fourth-order valence-electron chi connectivity index (χ4n) is 2.03. The average molecular weight is 296 g/mol. The summed E-state index contributed by atoms with van der Waals surface area (Å²) in [4.78, 5) is 4.03. The molecule has 0 unspecified atom stereocenters. The first kappa shape index (κ1) is 13.7. The molecular formula is C18H14ClNO. The van der Waals surface area contributed by atoms with E-state index in [9.17, 15) is 0 Å². The second-order valence-electron chi connectivity index (χ2n) is 4.67. The van der Waals surface area contributed by atoms with Crippen LogP contribution in [0.25, 0.3) is 11.1 Å². The van der Waals surface area contributed by atoms with Gasteiger partial charge in [-0.25, -0.2) is 4.98 Å². The maximum atomic E-state index is 5.75. The number of aromatic nitrogens is 1. The minimum absolute atomic E-state index is 0.481. The van der Waals surface area contributed by atoms with Gasteiger partial charge in [0.1, 0.15) is 17.5 Å². The lowest BCUT2D eigenvalue weighted by molar-refractivity contribution is 0.306. The Morgan fingerprint density at radius 1 is 0.810 bits per heavy atom. The highest BCUT2D eigenvalue weighted by molar-refractivity contribution is 6.29. The van der Waals surface area contributed by atoms with Gasteiger partial charge in [0.2, 0.25) is 0 Å². The summed E-state index contributed by atoms with van der Waals surface area (Å²) in [7, 11) is 0. The monoisotopic (exact) mass is 295 g/mol. The van der Waals surface area contributed by atoms with Crippen molar-refractivity contribution < 1.29 is 4.74 Å². The van der Waals surface area contributed by atoms with Gasteiger partial charge in [0, 0.05) is 11.8 Å². The Bertz CT molecular complexity index is 694. The van der Waals surface area contributed by atoms with Crippen LogP contribution in [0.5, 0.6) is 5.75 Å². The normalized spacial score (nSPS) is 10.3. The molecule has 0 N–H and O–H groups in total. The Kier molecular flexibility index (Phi) is 4.17. The van der Waals surface area contributed by atoms with E-state index in [1.54, 1.807) is 12.3 Å². The molecule has 0 spiro atoms. The number of hydrogen-bond donors (Lipinski definition) is 0. The van der Waals surface area contributed by atoms with E-state index in [1.807, 2.05) is 36.4 Å². The smallest absolute Gasteiger partial charge is 0.129 e. The summed E-state index contributed by atoms with van der Waals surface area (Å²) in [5.41, 5.74) is 3.37. The first-order chi connectivity index (χ1) is 10.3. The van der Waals surface area contributed by atoms with Crippen molar-refractivity contribution in [1.29, 1.82) is 0 Å². The van der Waals surface area contributed by atoms with E-state index in [0.29, 0.717) is 11.8 Å². The number of rotatable bonds is 4. The Labute approximate surface area is 129 Å². The summed E-state index contributed by atoms with van der Waals surface area (Å²) in [6.07, 6.45) is 1.72. The molecule has 21 heavy (non-hydrogen) atoms. The predicted molar refractivity (Wildman–Crippen MR) is 85.5 cm³/mol. The third kappa shape index (κ3) is 3.61. The molecule has 2 aromatic carbocycles. The molecule has 1 aromatic heterocycles. The van der Waals surface area contributed by atoms with Crippen molar-refractivity contribution >= 4 is 11.6 Å². The van der Waals surface area contributed by atoms with Crippen LogP contribution in [0.4, 0.5) is 0 Å². The molecule has 0 radical (unpaired) electrons. The van der Waals surface area contributed by atoms with E-state index in [-0.39, 0.29) is 0 Å². The van der Waals surface area contributed by atoms with E-state index < -0.39 is 0 Å². The zero-order valence-electron chi connectivity index (χ0n) is 11.4. The molecule has 0 saturated carbocycles. The fraction of sp³-hybridized carbons (Fsp3) is 0.0556. The second kappa shape index (κ2) is 6.42. The molecule has 3 rings (SSSR count). The third-order valence-electron chi connectivity index (χ3n) is 3.16. The third-order valence-corrected chi connectivity index (χ3v) is 3.38. The zero-order chi connectivity index (χ0) is 14.5. The molecule has 0 fully saturated rings. The summed E-state index contributed by atoms with van der Waals surface area (Å²) >= 11 is 5.75. The van der Waals surface area contributed by atoms with Gasteiger partial charge in [-0.3, -0.25) is 0 Å². The Morgan fingerprint density at radius 2 is 1.52 bits per heavy atom. The van der Waals surface area contributed by atoms with E-state index in [2.05, 4.69) is 29.2 Å². The van der Waals surface area contributed by atoms with Crippen LogP contribution in [0.15, 0.2) is 72.9 Å². The quantitative estimate of drug-likeness (QED) is 0.633. The minimum atomic E-state index is 0.481. The number of hydrogen-bond acceptors (Lipinski definition) is 2. The summed E-state index contributed by atoms with van der Waals surface area (Å²) < 4.78 is 5.74. The van der Waals surface area contributed by atoms with Crippen LogP contribution in [0.1, 0.15) is 5.56 Å². The van der Waals surface area contributed by atoms with Gasteiger partial charge < -0.3 is 4.74 Å². The van der Waals surface area contributed by atoms with Crippen molar-refractivity contribution in [3.8, 4) is 16.9 Å². The molecule has 0 atom stereocenters. The summed E-state index contributed by atoms with van der Waals surface area (Å²) in [5.74, 6) is 0.838. The molecule has 3 heteroatoms. The number of nitrogens with zero attached hydrogens (tertiary/aromatic N) is 1. The lowest BCUT2D eigenvalue weighted by Gasteiger charge is -2.07. The van der Waals surface area contributed by atoms with Crippen molar-refractivity contribution in [2.45, 2.75) is 6.61 Å². The Morgan fingerprint density at radius 3 is 2.19 bits per heavy atom. The average Bonchev–Trinajstić information content (AvgIpc) is 2.56. The van der Waals surface area contributed by atoms with Gasteiger partial charge in [-0.05, 0) is 29.3 Å². The lowest BCUT2D eigenvalue weighted by atomic mass is 10.1. The molecule has 0 bridgehead atoms. The van der Waals surface area contributed by atoms with Crippen molar-refractivity contribution in [2.24, 2.45) is 0 Å². The predicted octanol–water partition coefficient (Wildman–Crippen LogP) is 4.98. The Balaban J connectivity index is 1.66. The van der Waals surface area contributed by atoms with Crippen LogP contribution in [0.3, 0.4) is 0 Å². The van der Waals surface area contributed by atoms with Gasteiger partial charge >= 0.3 is 0 Å². The van der Waals surface area contributed by atoms with Gasteiger partial charge in [-0.2, -0.15) is 0 Å². The fourth-order valence-corrected chi connectivity index (χ4v) is 2.14. The van der Waals surface area contributed by atoms with Crippen molar-refractivity contribution in [3.63, 3.8) is 0 Å². The first-order valence-corrected chi connectivity index (χ1v) is 7.08. The summed E-state index contributed by atoms with van der Waals surface area (Å²) in [6, 6.07) is 22.0. The first-order valence-electron chi connectivity index (χ1n) is 6.70. The van der Waals surface area contributed by atoms with Crippen LogP contribution in [-0.2, 0) is 6.61 Å².